The predicted octanol–water partition coefficient (Wildman–Crippen LogP) is 5.03. The quantitative estimate of drug-likeness (QED) is 0.305. The summed E-state index contributed by atoms with van der Waals surface area (Å²) in [7, 11) is 0. The van der Waals surface area contributed by atoms with Crippen molar-refractivity contribution in [3.8, 4) is 0 Å². The molecule has 1 aliphatic heterocycles. The SMILES string of the molecule is CC(=O)Nc1ccc(N2C(=O)C(=O)C(=C(O)c3ccccc3)[C@H]2c2ccc(Br)cc2)cc1. The minimum Gasteiger partial charge on any atom is -0.507 e. The minimum absolute atomic E-state index is 0.0226. The largest absolute Gasteiger partial charge is 0.507 e. The van der Waals surface area contributed by atoms with E-state index < -0.39 is 17.7 Å². The van der Waals surface area contributed by atoms with E-state index in [-0.39, 0.29) is 17.2 Å². The van der Waals surface area contributed by atoms with E-state index in [1.807, 2.05) is 12.1 Å². The fraction of sp³-hybridized carbons (Fsp3) is 0.0800. The third-order valence-electron chi connectivity index (χ3n) is 5.14. The maximum absolute atomic E-state index is 13.1. The summed E-state index contributed by atoms with van der Waals surface area (Å²) in [4.78, 5) is 38.9. The summed E-state index contributed by atoms with van der Waals surface area (Å²) >= 11 is 3.40. The second-order valence-electron chi connectivity index (χ2n) is 7.31. The molecule has 6 nitrogen and oxygen atoms in total. The van der Waals surface area contributed by atoms with Gasteiger partial charge in [-0.05, 0) is 42.0 Å². The first kappa shape index (κ1) is 21.5. The molecule has 4 rings (SSSR count). The molecule has 7 heteroatoms. The molecule has 0 unspecified atom stereocenters. The first-order valence-corrected chi connectivity index (χ1v) is 10.7. The Labute approximate surface area is 193 Å². The minimum atomic E-state index is -0.810. The van der Waals surface area contributed by atoms with Gasteiger partial charge in [0.2, 0.25) is 5.91 Å². The third kappa shape index (κ3) is 4.07. The number of aliphatic hydroxyl groups is 1. The molecule has 1 heterocycles. The monoisotopic (exact) mass is 490 g/mol. The highest BCUT2D eigenvalue weighted by atomic mass is 79.9. The zero-order valence-electron chi connectivity index (χ0n) is 17.1. The Kier molecular flexibility index (Phi) is 5.92. The van der Waals surface area contributed by atoms with Crippen molar-refractivity contribution >= 4 is 50.7 Å². The zero-order chi connectivity index (χ0) is 22.8. The van der Waals surface area contributed by atoms with Crippen molar-refractivity contribution in [1.82, 2.24) is 0 Å². The van der Waals surface area contributed by atoms with Crippen LogP contribution in [0.4, 0.5) is 11.4 Å². The molecule has 160 valence electrons. The molecule has 0 radical (unpaired) electrons. The van der Waals surface area contributed by atoms with Crippen LogP contribution in [-0.4, -0.2) is 22.7 Å². The number of amides is 2. The van der Waals surface area contributed by atoms with Crippen LogP contribution in [0.2, 0.25) is 0 Å². The summed E-state index contributed by atoms with van der Waals surface area (Å²) in [6.45, 7) is 1.41. The van der Waals surface area contributed by atoms with Crippen LogP contribution in [0.15, 0.2) is 88.9 Å². The van der Waals surface area contributed by atoms with Crippen LogP contribution in [0.3, 0.4) is 0 Å². The Morgan fingerprint density at radius 2 is 1.56 bits per heavy atom. The number of ketones is 1. The van der Waals surface area contributed by atoms with Gasteiger partial charge in [0.25, 0.3) is 11.7 Å². The van der Waals surface area contributed by atoms with Crippen LogP contribution in [0.1, 0.15) is 24.1 Å². The molecule has 0 aromatic heterocycles. The zero-order valence-corrected chi connectivity index (χ0v) is 18.7. The van der Waals surface area contributed by atoms with Gasteiger partial charge in [0, 0.05) is 28.3 Å². The molecule has 2 N–H and O–H groups in total. The Morgan fingerprint density at radius 1 is 0.938 bits per heavy atom. The maximum Gasteiger partial charge on any atom is 0.300 e. The summed E-state index contributed by atoms with van der Waals surface area (Å²) < 4.78 is 0.848. The van der Waals surface area contributed by atoms with Gasteiger partial charge in [0.15, 0.2) is 0 Å². The number of nitrogens with one attached hydrogen (secondary N) is 1. The van der Waals surface area contributed by atoms with Crippen LogP contribution in [-0.2, 0) is 14.4 Å². The number of carbonyl (C=O) groups excluding carboxylic acids is 3. The molecule has 1 atom stereocenters. The number of Topliss-reactive ketones (excluding diaryl/α,β-unsaturated/α-hetero) is 1. The summed E-state index contributed by atoms with van der Waals surface area (Å²) in [5.41, 5.74) is 2.20. The van der Waals surface area contributed by atoms with E-state index in [0.717, 1.165) is 4.47 Å². The summed E-state index contributed by atoms with van der Waals surface area (Å²) in [5, 5.41) is 13.7. The Bertz CT molecular complexity index is 1220. The average molecular weight is 491 g/mol. The highest BCUT2D eigenvalue weighted by Gasteiger charge is 2.46. The number of aliphatic hydroxyl groups excluding tert-OH is 1. The molecule has 3 aromatic carbocycles. The summed E-state index contributed by atoms with van der Waals surface area (Å²) in [5.74, 6) is -1.93. The highest BCUT2D eigenvalue weighted by molar-refractivity contribution is 9.10. The van der Waals surface area contributed by atoms with E-state index in [0.29, 0.717) is 22.5 Å². The van der Waals surface area contributed by atoms with Crippen molar-refractivity contribution in [3.63, 3.8) is 0 Å². The standard InChI is InChI=1S/C25H19BrN2O4/c1-15(29)27-19-11-13-20(14-12-19)28-22(16-7-9-18(26)10-8-16)21(24(31)25(28)32)23(30)17-5-3-2-4-6-17/h2-14,22,30H,1H3,(H,27,29)/t22-/m1/s1. The normalized spacial score (nSPS) is 17.4. The van der Waals surface area contributed by atoms with Gasteiger partial charge in [-0.1, -0.05) is 58.4 Å². The molecule has 32 heavy (non-hydrogen) atoms. The van der Waals surface area contributed by atoms with Gasteiger partial charge in [-0.3, -0.25) is 19.3 Å². The van der Waals surface area contributed by atoms with Crippen LogP contribution >= 0.6 is 15.9 Å². The lowest BCUT2D eigenvalue weighted by molar-refractivity contribution is -0.132. The molecule has 0 aliphatic carbocycles. The van der Waals surface area contributed by atoms with Crippen molar-refractivity contribution in [3.05, 3.63) is 100 Å². The van der Waals surface area contributed by atoms with E-state index in [9.17, 15) is 19.5 Å². The maximum atomic E-state index is 13.1. The smallest absolute Gasteiger partial charge is 0.300 e. The fourth-order valence-corrected chi connectivity index (χ4v) is 3.98. The molecule has 0 saturated carbocycles. The highest BCUT2D eigenvalue weighted by Crippen LogP contribution is 2.42. The van der Waals surface area contributed by atoms with Crippen LogP contribution < -0.4 is 10.2 Å². The molecule has 1 saturated heterocycles. The van der Waals surface area contributed by atoms with Crippen molar-refractivity contribution in [2.75, 3.05) is 10.2 Å². The van der Waals surface area contributed by atoms with Gasteiger partial charge in [0.05, 0.1) is 11.6 Å². The second kappa shape index (κ2) is 8.80. The predicted molar refractivity (Wildman–Crippen MR) is 126 cm³/mol. The molecule has 1 fully saturated rings. The Morgan fingerprint density at radius 3 is 2.16 bits per heavy atom. The molecule has 0 bridgehead atoms. The molecular formula is C25H19BrN2O4. The van der Waals surface area contributed by atoms with Crippen molar-refractivity contribution in [1.29, 1.82) is 0 Å². The lowest BCUT2D eigenvalue weighted by Gasteiger charge is -2.25. The van der Waals surface area contributed by atoms with E-state index >= 15 is 0 Å². The van der Waals surface area contributed by atoms with Gasteiger partial charge in [-0.2, -0.15) is 0 Å². The van der Waals surface area contributed by atoms with E-state index in [4.69, 9.17) is 0 Å². The second-order valence-corrected chi connectivity index (χ2v) is 8.23. The van der Waals surface area contributed by atoms with E-state index in [1.165, 1.54) is 11.8 Å². The number of nitrogens with zero attached hydrogens (tertiary/aromatic N) is 1. The van der Waals surface area contributed by atoms with Crippen LogP contribution in [0, 0.1) is 0 Å². The van der Waals surface area contributed by atoms with Crippen molar-refractivity contribution in [2.45, 2.75) is 13.0 Å². The van der Waals surface area contributed by atoms with Crippen LogP contribution in [0.5, 0.6) is 0 Å². The number of carbonyl (C=O) groups is 3. The first-order valence-electron chi connectivity index (χ1n) is 9.86. The van der Waals surface area contributed by atoms with Gasteiger partial charge in [-0.15, -0.1) is 0 Å². The fourth-order valence-electron chi connectivity index (χ4n) is 3.72. The van der Waals surface area contributed by atoms with Crippen LogP contribution in [0.25, 0.3) is 5.76 Å². The van der Waals surface area contributed by atoms with Gasteiger partial charge < -0.3 is 10.4 Å². The Hall–Kier alpha value is -3.71. The van der Waals surface area contributed by atoms with Crippen molar-refractivity contribution < 1.29 is 19.5 Å². The lowest BCUT2D eigenvalue weighted by Crippen LogP contribution is -2.29. The number of anilines is 2. The number of rotatable bonds is 4. The molecule has 3 aromatic rings. The molecule has 0 spiro atoms. The molecule has 1 aliphatic rings. The summed E-state index contributed by atoms with van der Waals surface area (Å²) in [6.07, 6.45) is 0. The van der Waals surface area contributed by atoms with E-state index in [1.54, 1.807) is 66.7 Å². The van der Waals surface area contributed by atoms with Gasteiger partial charge >= 0.3 is 0 Å². The molecular weight excluding hydrogens is 472 g/mol. The van der Waals surface area contributed by atoms with Gasteiger partial charge in [0.1, 0.15) is 5.76 Å². The summed E-state index contributed by atoms with van der Waals surface area (Å²) in [6, 6.07) is 21.7. The topological polar surface area (TPSA) is 86.7 Å². The number of hydrogen-bond acceptors (Lipinski definition) is 4. The first-order chi connectivity index (χ1) is 15.4. The molecule has 2 amide bonds. The lowest BCUT2D eigenvalue weighted by atomic mass is 9.95. The number of hydrogen-bond donors (Lipinski definition) is 2. The van der Waals surface area contributed by atoms with Crippen molar-refractivity contribution in [2.24, 2.45) is 0 Å². The number of halogens is 1. The average Bonchev–Trinajstić information content (AvgIpc) is 3.05. The van der Waals surface area contributed by atoms with E-state index in [2.05, 4.69) is 21.2 Å². The third-order valence-corrected chi connectivity index (χ3v) is 5.67. The number of benzene rings is 3. The van der Waals surface area contributed by atoms with Gasteiger partial charge in [-0.25, -0.2) is 0 Å². The Balaban J connectivity index is 1.87.